The third-order valence-corrected chi connectivity index (χ3v) is 2.66. The predicted octanol–water partition coefficient (Wildman–Crippen LogP) is 0.917. The van der Waals surface area contributed by atoms with E-state index in [1.54, 1.807) is 0 Å². The Morgan fingerprint density at radius 1 is 1.50 bits per heavy atom. The summed E-state index contributed by atoms with van der Waals surface area (Å²) in [6.45, 7) is 7.11. The van der Waals surface area contributed by atoms with Crippen LogP contribution in [0.15, 0.2) is 0 Å². The maximum absolute atomic E-state index is 11.3. The lowest BCUT2D eigenvalue weighted by Gasteiger charge is -2.11. The van der Waals surface area contributed by atoms with Crippen LogP contribution in [0.25, 0.3) is 0 Å². The fraction of sp³-hybridized carbons (Fsp3) is 0.917. The van der Waals surface area contributed by atoms with Crippen LogP contribution in [0.3, 0.4) is 0 Å². The molecule has 16 heavy (non-hydrogen) atoms. The van der Waals surface area contributed by atoms with Gasteiger partial charge in [0.2, 0.25) is 5.91 Å². The molecule has 0 aromatic rings. The van der Waals surface area contributed by atoms with Crippen LogP contribution in [0.4, 0.5) is 0 Å². The van der Waals surface area contributed by atoms with Crippen LogP contribution < -0.4 is 10.6 Å². The molecule has 1 atom stereocenters. The molecule has 0 spiro atoms. The van der Waals surface area contributed by atoms with Gasteiger partial charge in [-0.15, -0.1) is 0 Å². The van der Waals surface area contributed by atoms with E-state index in [0.29, 0.717) is 18.6 Å². The van der Waals surface area contributed by atoms with Crippen LogP contribution in [0.5, 0.6) is 0 Å². The minimum absolute atomic E-state index is 0.0843. The van der Waals surface area contributed by atoms with Gasteiger partial charge in [-0.3, -0.25) is 4.79 Å². The zero-order valence-electron chi connectivity index (χ0n) is 10.4. The summed E-state index contributed by atoms with van der Waals surface area (Å²) in [6.07, 6.45) is 3.77. The summed E-state index contributed by atoms with van der Waals surface area (Å²) in [6, 6.07) is 0. The summed E-state index contributed by atoms with van der Waals surface area (Å²) in [5.74, 6) is 0.594. The minimum Gasteiger partial charge on any atom is -0.378 e. The van der Waals surface area contributed by atoms with Gasteiger partial charge in [-0.1, -0.05) is 13.8 Å². The molecule has 4 nitrogen and oxygen atoms in total. The Kier molecular flexibility index (Phi) is 6.42. The van der Waals surface area contributed by atoms with Crippen molar-refractivity contribution in [2.45, 2.75) is 39.2 Å². The third-order valence-electron chi connectivity index (χ3n) is 2.66. The van der Waals surface area contributed by atoms with E-state index in [1.165, 1.54) is 12.8 Å². The van der Waals surface area contributed by atoms with E-state index in [9.17, 15) is 4.79 Å². The number of rotatable bonds is 7. The second kappa shape index (κ2) is 7.63. The molecule has 4 heteroatoms. The van der Waals surface area contributed by atoms with Gasteiger partial charge in [0.05, 0.1) is 12.6 Å². The lowest BCUT2D eigenvalue weighted by molar-refractivity contribution is -0.120. The summed E-state index contributed by atoms with van der Waals surface area (Å²) in [7, 11) is 0. The molecule has 1 rings (SSSR count). The van der Waals surface area contributed by atoms with E-state index in [4.69, 9.17) is 4.74 Å². The van der Waals surface area contributed by atoms with Crippen molar-refractivity contribution in [3.05, 3.63) is 0 Å². The summed E-state index contributed by atoms with van der Waals surface area (Å²) in [4.78, 5) is 11.3. The van der Waals surface area contributed by atoms with Crippen molar-refractivity contribution in [3.63, 3.8) is 0 Å². The summed E-state index contributed by atoms with van der Waals surface area (Å²) in [5.41, 5.74) is 0. The number of nitrogens with one attached hydrogen (secondary N) is 2. The smallest absolute Gasteiger partial charge is 0.233 e. The standard InChI is InChI=1S/C12H24N2O2/c1-10(2)8-14-12(15)9-13-6-5-11-4-3-7-16-11/h10-11,13H,3-9H2,1-2H3,(H,14,15). The molecule has 0 aliphatic carbocycles. The van der Waals surface area contributed by atoms with Crippen molar-refractivity contribution in [1.82, 2.24) is 10.6 Å². The van der Waals surface area contributed by atoms with Gasteiger partial charge in [0.1, 0.15) is 0 Å². The molecular weight excluding hydrogens is 204 g/mol. The Hall–Kier alpha value is -0.610. The average Bonchev–Trinajstić information content (AvgIpc) is 2.74. The predicted molar refractivity (Wildman–Crippen MR) is 64.3 cm³/mol. The van der Waals surface area contributed by atoms with Crippen molar-refractivity contribution in [2.75, 3.05) is 26.2 Å². The average molecular weight is 228 g/mol. The van der Waals surface area contributed by atoms with Crippen LogP contribution in [-0.2, 0) is 9.53 Å². The molecule has 2 N–H and O–H groups in total. The summed E-state index contributed by atoms with van der Waals surface area (Å²) >= 11 is 0. The zero-order valence-corrected chi connectivity index (χ0v) is 10.4. The fourth-order valence-electron chi connectivity index (χ4n) is 1.72. The quantitative estimate of drug-likeness (QED) is 0.637. The number of carbonyl (C=O) groups is 1. The van der Waals surface area contributed by atoms with E-state index < -0.39 is 0 Å². The molecule has 1 aliphatic rings. The Morgan fingerprint density at radius 3 is 2.94 bits per heavy atom. The zero-order chi connectivity index (χ0) is 11.8. The van der Waals surface area contributed by atoms with Crippen LogP contribution in [0, 0.1) is 5.92 Å². The van der Waals surface area contributed by atoms with E-state index in [1.807, 2.05) is 0 Å². The Morgan fingerprint density at radius 2 is 2.31 bits per heavy atom. The lowest BCUT2D eigenvalue weighted by Crippen LogP contribution is -2.36. The molecule has 1 saturated heterocycles. The number of hydrogen-bond donors (Lipinski definition) is 2. The van der Waals surface area contributed by atoms with Crippen molar-refractivity contribution < 1.29 is 9.53 Å². The first kappa shape index (κ1) is 13.5. The summed E-state index contributed by atoms with van der Waals surface area (Å²) < 4.78 is 5.50. The number of carbonyl (C=O) groups excluding carboxylic acids is 1. The molecule has 94 valence electrons. The molecule has 1 amide bonds. The van der Waals surface area contributed by atoms with Crippen molar-refractivity contribution >= 4 is 5.91 Å². The summed E-state index contributed by atoms with van der Waals surface area (Å²) in [5, 5.41) is 6.02. The fourth-order valence-corrected chi connectivity index (χ4v) is 1.72. The van der Waals surface area contributed by atoms with Gasteiger partial charge in [-0.2, -0.15) is 0 Å². The molecule has 0 aromatic carbocycles. The third kappa shape index (κ3) is 6.08. The van der Waals surface area contributed by atoms with Crippen LogP contribution >= 0.6 is 0 Å². The molecule has 0 radical (unpaired) electrons. The van der Waals surface area contributed by atoms with Crippen LogP contribution in [0.2, 0.25) is 0 Å². The van der Waals surface area contributed by atoms with Gasteiger partial charge < -0.3 is 15.4 Å². The monoisotopic (exact) mass is 228 g/mol. The van der Waals surface area contributed by atoms with Gasteiger partial charge in [0.25, 0.3) is 0 Å². The first-order chi connectivity index (χ1) is 7.68. The minimum atomic E-state index is 0.0843. The van der Waals surface area contributed by atoms with Gasteiger partial charge in [-0.05, 0) is 31.7 Å². The highest BCUT2D eigenvalue weighted by Crippen LogP contribution is 2.14. The number of amides is 1. The van der Waals surface area contributed by atoms with E-state index in [2.05, 4.69) is 24.5 Å². The highest BCUT2D eigenvalue weighted by molar-refractivity contribution is 5.77. The molecule has 1 heterocycles. The van der Waals surface area contributed by atoms with Gasteiger partial charge in [0.15, 0.2) is 0 Å². The Labute approximate surface area is 98.1 Å². The SMILES string of the molecule is CC(C)CNC(=O)CNCCC1CCCO1. The maximum atomic E-state index is 11.3. The molecule has 0 saturated carbocycles. The normalized spacial score (nSPS) is 20.3. The molecular formula is C12H24N2O2. The topological polar surface area (TPSA) is 50.4 Å². The molecule has 1 fully saturated rings. The number of hydrogen-bond acceptors (Lipinski definition) is 3. The van der Waals surface area contributed by atoms with Crippen molar-refractivity contribution in [2.24, 2.45) is 5.92 Å². The van der Waals surface area contributed by atoms with Gasteiger partial charge in [0, 0.05) is 13.2 Å². The van der Waals surface area contributed by atoms with E-state index in [-0.39, 0.29) is 5.91 Å². The highest BCUT2D eigenvalue weighted by atomic mass is 16.5. The molecule has 0 bridgehead atoms. The van der Waals surface area contributed by atoms with Crippen molar-refractivity contribution in [3.8, 4) is 0 Å². The van der Waals surface area contributed by atoms with Gasteiger partial charge >= 0.3 is 0 Å². The van der Waals surface area contributed by atoms with E-state index in [0.717, 1.165) is 26.1 Å². The van der Waals surface area contributed by atoms with Gasteiger partial charge in [-0.25, -0.2) is 0 Å². The number of ether oxygens (including phenoxy) is 1. The Bertz CT molecular complexity index is 201. The first-order valence-corrected chi connectivity index (χ1v) is 6.27. The second-order valence-corrected chi connectivity index (χ2v) is 4.80. The highest BCUT2D eigenvalue weighted by Gasteiger charge is 2.14. The largest absolute Gasteiger partial charge is 0.378 e. The molecule has 1 unspecified atom stereocenters. The second-order valence-electron chi connectivity index (χ2n) is 4.80. The molecule has 0 aromatic heterocycles. The Balaban J connectivity index is 1.91. The lowest BCUT2D eigenvalue weighted by atomic mass is 10.2. The first-order valence-electron chi connectivity index (χ1n) is 6.27. The molecule has 1 aliphatic heterocycles. The maximum Gasteiger partial charge on any atom is 0.233 e. The van der Waals surface area contributed by atoms with Crippen LogP contribution in [0.1, 0.15) is 33.1 Å². The van der Waals surface area contributed by atoms with E-state index >= 15 is 0 Å². The van der Waals surface area contributed by atoms with Crippen LogP contribution in [-0.4, -0.2) is 38.3 Å². The van der Waals surface area contributed by atoms with Crippen molar-refractivity contribution in [1.29, 1.82) is 0 Å².